The first-order valence-electron chi connectivity index (χ1n) is 7.12. The number of hydrogen-bond donors (Lipinski definition) is 2. The largest absolute Gasteiger partial charge is 0.481 e. The lowest BCUT2D eigenvalue weighted by Crippen LogP contribution is -2.34. The molecule has 0 aromatic heterocycles. The van der Waals surface area contributed by atoms with Gasteiger partial charge in [-0.05, 0) is 17.5 Å². The molecule has 1 aromatic rings. The van der Waals surface area contributed by atoms with Crippen LogP contribution >= 0.6 is 0 Å². The van der Waals surface area contributed by atoms with Crippen LogP contribution < -0.4 is 10.2 Å². The van der Waals surface area contributed by atoms with Crippen LogP contribution in [0.15, 0.2) is 30.3 Å². The monoisotopic (exact) mass is 290 g/mol. The van der Waals surface area contributed by atoms with Crippen LogP contribution in [-0.4, -0.2) is 37.1 Å². The van der Waals surface area contributed by atoms with Gasteiger partial charge in [-0.15, -0.1) is 0 Å². The second kappa shape index (κ2) is 5.76. The fourth-order valence-electron chi connectivity index (χ4n) is 2.86. The molecule has 0 unspecified atom stereocenters. The molecule has 1 aliphatic carbocycles. The topological polar surface area (TPSA) is 69.6 Å². The van der Waals surface area contributed by atoms with E-state index in [-0.39, 0.29) is 5.91 Å². The zero-order valence-electron chi connectivity index (χ0n) is 12.7. The number of hydrogen-bond acceptors (Lipinski definition) is 3. The van der Waals surface area contributed by atoms with Gasteiger partial charge in [0.2, 0.25) is 5.91 Å². The molecular formula is C16H22N2O3. The van der Waals surface area contributed by atoms with E-state index in [2.05, 4.69) is 5.32 Å². The van der Waals surface area contributed by atoms with E-state index >= 15 is 0 Å². The highest BCUT2D eigenvalue weighted by Crippen LogP contribution is 2.58. The molecule has 1 amide bonds. The number of carbonyl (C=O) groups is 2. The van der Waals surface area contributed by atoms with Gasteiger partial charge in [0.15, 0.2) is 0 Å². The maximum atomic E-state index is 12.1. The van der Waals surface area contributed by atoms with Crippen molar-refractivity contribution < 1.29 is 14.7 Å². The third-order valence-corrected chi connectivity index (χ3v) is 4.32. The van der Waals surface area contributed by atoms with Gasteiger partial charge < -0.3 is 15.3 Å². The summed E-state index contributed by atoms with van der Waals surface area (Å²) in [6.07, 6.45) is 0. The minimum absolute atomic E-state index is 0.158. The molecule has 2 rings (SSSR count). The summed E-state index contributed by atoms with van der Waals surface area (Å²) in [5.74, 6) is -2.03. The average molecular weight is 290 g/mol. The number of nitrogens with one attached hydrogen (secondary N) is 1. The summed E-state index contributed by atoms with van der Waals surface area (Å²) >= 11 is 0. The molecule has 5 nitrogen and oxygen atoms in total. The predicted octanol–water partition coefficient (Wildman–Crippen LogP) is 1.60. The molecule has 1 aliphatic rings. The summed E-state index contributed by atoms with van der Waals surface area (Å²) in [5.41, 5.74) is 0.642. The van der Waals surface area contributed by atoms with Gasteiger partial charge in [0.1, 0.15) is 0 Å². The van der Waals surface area contributed by atoms with Crippen molar-refractivity contribution in [1.29, 1.82) is 0 Å². The van der Waals surface area contributed by atoms with Crippen LogP contribution in [0.25, 0.3) is 0 Å². The number of amides is 1. The second-order valence-electron chi connectivity index (χ2n) is 6.16. The summed E-state index contributed by atoms with van der Waals surface area (Å²) in [7, 11) is 1.96. The first-order valence-corrected chi connectivity index (χ1v) is 7.12. The van der Waals surface area contributed by atoms with E-state index in [1.807, 2.05) is 56.1 Å². The molecule has 1 fully saturated rings. The summed E-state index contributed by atoms with van der Waals surface area (Å²) in [6.45, 7) is 4.84. The van der Waals surface area contributed by atoms with Gasteiger partial charge in [-0.3, -0.25) is 9.59 Å². The maximum absolute atomic E-state index is 12.1. The number of carbonyl (C=O) groups excluding carboxylic acids is 1. The molecule has 0 saturated heterocycles. The van der Waals surface area contributed by atoms with Crippen molar-refractivity contribution in [2.75, 3.05) is 25.0 Å². The van der Waals surface area contributed by atoms with Gasteiger partial charge in [0, 0.05) is 25.8 Å². The lowest BCUT2D eigenvalue weighted by molar-refractivity contribution is -0.140. The lowest BCUT2D eigenvalue weighted by Gasteiger charge is -2.19. The third-order valence-electron chi connectivity index (χ3n) is 4.32. The molecule has 114 valence electrons. The fraction of sp³-hybridized carbons (Fsp3) is 0.500. The zero-order chi connectivity index (χ0) is 15.6. The number of rotatable bonds is 6. The number of nitrogens with zero attached hydrogens (tertiary/aromatic N) is 1. The van der Waals surface area contributed by atoms with Crippen LogP contribution in [0, 0.1) is 17.3 Å². The second-order valence-corrected chi connectivity index (χ2v) is 6.16. The van der Waals surface area contributed by atoms with Gasteiger partial charge in [-0.2, -0.15) is 0 Å². The minimum Gasteiger partial charge on any atom is -0.481 e. The van der Waals surface area contributed by atoms with Gasteiger partial charge in [-0.1, -0.05) is 32.0 Å². The Bertz CT molecular complexity index is 528. The molecule has 2 atom stereocenters. The van der Waals surface area contributed by atoms with E-state index < -0.39 is 23.2 Å². The predicted molar refractivity (Wildman–Crippen MR) is 81.1 cm³/mol. The standard InChI is InChI=1S/C16H22N2O3/c1-16(2)12(13(16)15(20)21)14(19)17-9-10-18(3)11-7-5-4-6-8-11/h4-8,12-13H,9-10H2,1-3H3,(H,17,19)(H,20,21)/t12-,13+/m1/s1. The van der Waals surface area contributed by atoms with Crippen LogP contribution in [-0.2, 0) is 9.59 Å². The number of anilines is 1. The molecule has 0 radical (unpaired) electrons. The van der Waals surface area contributed by atoms with Crippen molar-refractivity contribution in [3.63, 3.8) is 0 Å². The van der Waals surface area contributed by atoms with Gasteiger partial charge in [-0.25, -0.2) is 0 Å². The smallest absolute Gasteiger partial charge is 0.307 e. The first kappa shape index (κ1) is 15.4. The van der Waals surface area contributed by atoms with Crippen molar-refractivity contribution in [3.8, 4) is 0 Å². The highest BCUT2D eigenvalue weighted by atomic mass is 16.4. The third kappa shape index (κ3) is 3.17. The Morgan fingerprint density at radius 2 is 1.86 bits per heavy atom. The molecular weight excluding hydrogens is 268 g/mol. The molecule has 1 aromatic carbocycles. The normalized spacial score (nSPS) is 22.4. The van der Waals surface area contributed by atoms with Crippen molar-refractivity contribution in [3.05, 3.63) is 30.3 Å². The average Bonchev–Trinajstić information content (AvgIpc) is 3.02. The van der Waals surface area contributed by atoms with E-state index in [9.17, 15) is 9.59 Å². The quantitative estimate of drug-likeness (QED) is 0.835. The highest BCUT2D eigenvalue weighted by molar-refractivity contribution is 5.91. The molecule has 0 spiro atoms. The minimum atomic E-state index is -0.887. The molecule has 0 heterocycles. The number of para-hydroxylation sites is 1. The van der Waals surface area contributed by atoms with E-state index in [1.165, 1.54) is 0 Å². The van der Waals surface area contributed by atoms with E-state index in [4.69, 9.17) is 5.11 Å². The van der Waals surface area contributed by atoms with E-state index in [0.29, 0.717) is 13.1 Å². The number of carboxylic acids is 1. The van der Waals surface area contributed by atoms with E-state index in [0.717, 1.165) is 5.69 Å². The van der Waals surface area contributed by atoms with Crippen LogP contribution in [0.3, 0.4) is 0 Å². The van der Waals surface area contributed by atoms with Crippen LogP contribution in [0.1, 0.15) is 13.8 Å². The zero-order valence-corrected chi connectivity index (χ0v) is 12.7. The summed E-state index contributed by atoms with van der Waals surface area (Å²) < 4.78 is 0. The van der Waals surface area contributed by atoms with Crippen LogP contribution in [0.5, 0.6) is 0 Å². The molecule has 0 bridgehead atoms. The summed E-state index contributed by atoms with van der Waals surface area (Å²) in [5, 5.41) is 11.9. The lowest BCUT2D eigenvalue weighted by atomic mass is 10.1. The van der Waals surface area contributed by atoms with Crippen LogP contribution in [0.2, 0.25) is 0 Å². The Morgan fingerprint density at radius 1 is 1.24 bits per heavy atom. The Balaban J connectivity index is 1.79. The van der Waals surface area contributed by atoms with Crippen molar-refractivity contribution in [1.82, 2.24) is 5.32 Å². The Hall–Kier alpha value is -2.04. The summed E-state index contributed by atoms with van der Waals surface area (Å²) in [4.78, 5) is 25.2. The van der Waals surface area contributed by atoms with Crippen molar-refractivity contribution >= 4 is 17.6 Å². The van der Waals surface area contributed by atoms with Crippen molar-refractivity contribution in [2.45, 2.75) is 13.8 Å². The summed E-state index contributed by atoms with van der Waals surface area (Å²) in [6, 6.07) is 9.90. The number of benzene rings is 1. The Kier molecular flexibility index (Phi) is 4.21. The van der Waals surface area contributed by atoms with Crippen molar-refractivity contribution in [2.24, 2.45) is 17.3 Å². The molecule has 0 aliphatic heterocycles. The van der Waals surface area contributed by atoms with E-state index in [1.54, 1.807) is 0 Å². The Morgan fingerprint density at radius 3 is 2.38 bits per heavy atom. The van der Waals surface area contributed by atoms with Gasteiger partial charge in [0.05, 0.1) is 11.8 Å². The maximum Gasteiger partial charge on any atom is 0.307 e. The molecule has 21 heavy (non-hydrogen) atoms. The molecule has 2 N–H and O–H groups in total. The molecule has 5 heteroatoms. The number of carboxylic acid groups (broad SMARTS) is 1. The number of likely N-dealkylation sites (N-methyl/N-ethyl adjacent to an activating group) is 1. The highest BCUT2D eigenvalue weighted by Gasteiger charge is 2.65. The van der Waals surface area contributed by atoms with Crippen LogP contribution in [0.4, 0.5) is 5.69 Å². The SMILES string of the molecule is CN(CCNC(=O)[C@H]1[C@@H](C(=O)O)C1(C)C)c1ccccc1. The molecule has 1 saturated carbocycles. The van der Waals surface area contributed by atoms with Gasteiger partial charge in [0.25, 0.3) is 0 Å². The number of aliphatic carboxylic acids is 1. The Labute approximate surface area is 125 Å². The first-order chi connectivity index (χ1) is 9.85. The fourth-order valence-corrected chi connectivity index (χ4v) is 2.86. The van der Waals surface area contributed by atoms with Gasteiger partial charge >= 0.3 is 5.97 Å².